The van der Waals surface area contributed by atoms with E-state index in [9.17, 15) is 0 Å². The van der Waals surface area contributed by atoms with Gasteiger partial charge in [-0.3, -0.25) is 11.3 Å². The van der Waals surface area contributed by atoms with Crippen LogP contribution in [0.15, 0.2) is 11.6 Å². The highest BCUT2D eigenvalue weighted by Gasteiger charge is 2.20. The van der Waals surface area contributed by atoms with E-state index in [0.717, 1.165) is 37.5 Å². The van der Waals surface area contributed by atoms with Crippen molar-refractivity contribution >= 4 is 11.3 Å². The van der Waals surface area contributed by atoms with Gasteiger partial charge in [0, 0.05) is 37.3 Å². The monoisotopic (exact) mass is 227 g/mol. The zero-order valence-corrected chi connectivity index (χ0v) is 9.50. The van der Waals surface area contributed by atoms with Crippen LogP contribution in [0.2, 0.25) is 0 Å². The Morgan fingerprint density at radius 1 is 1.73 bits per heavy atom. The minimum atomic E-state index is 0.322. The lowest BCUT2D eigenvalue weighted by atomic mass is 9.98. The molecule has 84 valence electrons. The maximum absolute atomic E-state index is 5.55. The number of nitrogens with two attached hydrogens (primary N) is 1. The molecule has 2 atom stereocenters. The third-order valence-electron chi connectivity index (χ3n) is 2.78. The van der Waals surface area contributed by atoms with E-state index in [1.54, 1.807) is 11.3 Å². The summed E-state index contributed by atoms with van der Waals surface area (Å²) >= 11 is 1.69. The normalized spacial score (nSPS) is 23.1. The molecule has 1 aliphatic heterocycles. The van der Waals surface area contributed by atoms with Gasteiger partial charge in [-0.25, -0.2) is 4.98 Å². The van der Waals surface area contributed by atoms with Crippen LogP contribution in [0.25, 0.3) is 0 Å². The Bertz CT molecular complexity index is 272. The molecular weight excluding hydrogens is 210 g/mol. The summed E-state index contributed by atoms with van der Waals surface area (Å²) in [6.07, 6.45) is 5.00. The third-order valence-corrected chi connectivity index (χ3v) is 3.58. The molecule has 0 bridgehead atoms. The van der Waals surface area contributed by atoms with Gasteiger partial charge in [0.2, 0.25) is 0 Å². The summed E-state index contributed by atoms with van der Waals surface area (Å²) in [7, 11) is 0. The molecule has 0 saturated carbocycles. The second-order valence-corrected chi connectivity index (χ2v) is 4.94. The van der Waals surface area contributed by atoms with E-state index in [0.29, 0.717) is 12.0 Å². The first-order valence-corrected chi connectivity index (χ1v) is 6.18. The van der Waals surface area contributed by atoms with Gasteiger partial charge in [0.15, 0.2) is 0 Å². The number of nitrogens with one attached hydrogen (secondary N) is 1. The molecule has 0 spiro atoms. The fourth-order valence-electron chi connectivity index (χ4n) is 1.95. The first-order valence-electron chi connectivity index (χ1n) is 5.30. The molecule has 3 N–H and O–H groups in total. The smallest absolute Gasteiger partial charge is 0.0940 e. The van der Waals surface area contributed by atoms with Crippen molar-refractivity contribution in [2.75, 3.05) is 13.2 Å². The number of nitrogens with zero attached hydrogens (tertiary/aromatic N) is 1. The predicted molar refractivity (Wildman–Crippen MR) is 60.5 cm³/mol. The molecule has 5 heteroatoms. The maximum atomic E-state index is 5.55. The number of hydrogen-bond acceptors (Lipinski definition) is 5. The highest BCUT2D eigenvalue weighted by molar-refractivity contribution is 7.09. The van der Waals surface area contributed by atoms with E-state index in [-0.39, 0.29) is 0 Å². The minimum absolute atomic E-state index is 0.322. The molecule has 1 aliphatic rings. The molecule has 0 radical (unpaired) electrons. The van der Waals surface area contributed by atoms with Gasteiger partial charge in [-0.1, -0.05) is 0 Å². The molecule has 0 aromatic carbocycles. The van der Waals surface area contributed by atoms with Gasteiger partial charge in [-0.15, -0.1) is 11.3 Å². The molecule has 1 aromatic rings. The third kappa shape index (κ3) is 3.24. The summed E-state index contributed by atoms with van der Waals surface area (Å²) in [5, 5.41) is 3.15. The second kappa shape index (κ2) is 5.55. The fourth-order valence-corrected chi connectivity index (χ4v) is 2.64. The average Bonchev–Trinajstić information content (AvgIpc) is 2.89. The number of thiazole rings is 1. The molecular formula is C10H17N3OS. The van der Waals surface area contributed by atoms with Gasteiger partial charge >= 0.3 is 0 Å². The summed E-state index contributed by atoms with van der Waals surface area (Å²) in [6.45, 7) is 1.79. The SMILES string of the molecule is NNC(Cc1nccs1)CC1CCOC1. The summed E-state index contributed by atoms with van der Waals surface area (Å²) < 4.78 is 5.36. The summed E-state index contributed by atoms with van der Waals surface area (Å²) in [6, 6.07) is 0.322. The van der Waals surface area contributed by atoms with E-state index in [1.807, 2.05) is 11.6 Å². The first kappa shape index (κ1) is 11.0. The lowest BCUT2D eigenvalue weighted by molar-refractivity contribution is 0.181. The van der Waals surface area contributed by atoms with Crippen molar-refractivity contribution < 1.29 is 4.74 Å². The van der Waals surface area contributed by atoms with Crippen molar-refractivity contribution in [2.24, 2.45) is 11.8 Å². The van der Waals surface area contributed by atoms with Crippen LogP contribution in [0, 0.1) is 5.92 Å². The van der Waals surface area contributed by atoms with Gasteiger partial charge in [0.25, 0.3) is 0 Å². The zero-order valence-electron chi connectivity index (χ0n) is 8.69. The molecule has 0 aliphatic carbocycles. The van der Waals surface area contributed by atoms with Gasteiger partial charge in [0.1, 0.15) is 0 Å². The summed E-state index contributed by atoms with van der Waals surface area (Å²) in [4.78, 5) is 4.27. The van der Waals surface area contributed by atoms with Crippen LogP contribution in [-0.4, -0.2) is 24.2 Å². The molecule has 1 fully saturated rings. The fraction of sp³-hybridized carbons (Fsp3) is 0.700. The van der Waals surface area contributed by atoms with Gasteiger partial charge in [-0.2, -0.15) is 0 Å². The molecule has 2 rings (SSSR count). The van der Waals surface area contributed by atoms with Crippen molar-refractivity contribution in [3.05, 3.63) is 16.6 Å². The van der Waals surface area contributed by atoms with E-state index in [4.69, 9.17) is 10.6 Å². The standard InChI is InChI=1S/C10H17N3OS/c11-13-9(5-8-1-3-14-7-8)6-10-12-2-4-15-10/h2,4,8-9,13H,1,3,5-7,11H2. The highest BCUT2D eigenvalue weighted by atomic mass is 32.1. The average molecular weight is 227 g/mol. The zero-order chi connectivity index (χ0) is 10.5. The van der Waals surface area contributed by atoms with Crippen LogP contribution < -0.4 is 11.3 Å². The molecule has 0 amide bonds. The Balaban J connectivity index is 1.81. The number of hydrazine groups is 1. The van der Waals surface area contributed by atoms with Crippen LogP contribution in [0.4, 0.5) is 0 Å². The van der Waals surface area contributed by atoms with Crippen LogP contribution in [0.3, 0.4) is 0 Å². The van der Waals surface area contributed by atoms with Crippen molar-refractivity contribution in [3.8, 4) is 0 Å². The number of aromatic nitrogens is 1. The molecule has 1 saturated heterocycles. The molecule has 4 nitrogen and oxygen atoms in total. The minimum Gasteiger partial charge on any atom is -0.381 e. The summed E-state index contributed by atoms with van der Waals surface area (Å²) in [5.74, 6) is 6.21. The van der Waals surface area contributed by atoms with E-state index < -0.39 is 0 Å². The van der Waals surface area contributed by atoms with Crippen molar-refractivity contribution in [3.63, 3.8) is 0 Å². The Labute approximate surface area is 93.8 Å². The quantitative estimate of drug-likeness (QED) is 0.580. The van der Waals surface area contributed by atoms with Crippen LogP contribution in [0.1, 0.15) is 17.8 Å². The maximum Gasteiger partial charge on any atom is 0.0940 e. The predicted octanol–water partition coefficient (Wildman–Crippen LogP) is 0.944. The molecule has 1 aromatic heterocycles. The number of rotatable bonds is 5. The molecule has 2 heterocycles. The van der Waals surface area contributed by atoms with E-state index in [1.165, 1.54) is 0 Å². The Morgan fingerprint density at radius 2 is 2.67 bits per heavy atom. The van der Waals surface area contributed by atoms with Gasteiger partial charge in [-0.05, 0) is 18.8 Å². The Morgan fingerprint density at radius 3 is 3.27 bits per heavy atom. The van der Waals surface area contributed by atoms with Gasteiger partial charge in [0.05, 0.1) is 5.01 Å². The highest BCUT2D eigenvalue weighted by Crippen LogP contribution is 2.20. The largest absolute Gasteiger partial charge is 0.381 e. The Kier molecular flexibility index (Phi) is 4.08. The topological polar surface area (TPSA) is 60.2 Å². The van der Waals surface area contributed by atoms with Crippen LogP contribution in [0.5, 0.6) is 0 Å². The number of hydrogen-bond donors (Lipinski definition) is 2. The van der Waals surface area contributed by atoms with Crippen molar-refractivity contribution in [1.29, 1.82) is 0 Å². The van der Waals surface area contributed by atoms with E-state index in [2.05, 4.69) is 10.4 Å². The lowest BCUT2D eigenvalue weighted by Crippen LogP contribution is -2.38. The molecule has 2 unspecified atom stereocenters. The summed E-state index contributed by atoms with van der Waals surface area (Å²) in [5.41, 5.74) is 2.88. The van der Waals surface area contributed by atoms with Crippen molar-refractivity contribution in [1.82, 2.24) is 10.4 Å². The Hall–Kier alpha value is -0.490. The van der Waals surface area contributed by atoms with Crippen LogP contribution >= 0.6 is 11.3 Å². The lowest BCUT2D eigenvalue weighted by Gasteiger charge is -2.17. The van der Waals surface area contributed by atoms with E-state index >= 15 is 0 Å². The first-order chi connectivity index (χ1) is 7.38. The van der Waals surface area contributed by atoms with Crippen molar-refractivity contribution in [2.45, 2.75) is 25.3 Å². The van der Waals surface area contributed by atoms with Crippen LogP contribution in [-0.2, 0) is 11.2 Å². The molecule has 15 heavy (non-hydrogen) atoms. The number of ether oxygens (including phenoxy) is 1. The van der Waals surface area contributed by atoms with Gasteiger partial charge < -0.3 is 4.74 Å². The second-order valence-electron chi connectivity index (χ2n) is 3.96.